The van der Waals surface area contributed by atoms with Gasteiger partial charge in [0, 0.05) is 12.8 Å². The van der Waals surface area contributed by atoms with Crippen molar-refractivity contribution in [2.75, 3.05) is 17.3 Å². The van der Waals surface area contributed by atoms with Crippen molar-refractivity contribution in [2.24, 2.45) is 0 Å². The molecule has 2 heterocycles. The van der Waals surface area contributed by atoms with Crippen LogP contribution in [-0.4, -0.2) is 24.6 Å². The Kier molecular flexibility index (Phi) is 4.60. The Balaban J connectivity index is 1.87. The largest absolute Gasteiger partial charge is 0.463 e. The lowest BCUT2D eigenvalue weighted by Gasteiger charge is -2.10. The van der Waals surface area contributed by atoms with E-state index < -0.39 is 9.84 Å². The lowest BCUT2D eigenvalue weighted by Crippen LogP contribution is -2.08. The molecule has 0 radical (unpaired) electrons. The number of nitrogen functional groups attached to an aromatic ring is 1. The quantitative estimate of drug-likeness (QED) is 0.699. The van der Waals surface area contributed by atoms with Gasteiger partial charge < -0.3 is 15.5 Å². The Bertz CT molecular complexity index is 1070. The third kappa shape index (κ3) is 3.65. The lowest BCUT2D eigenvalue weighted by atomic mass is 10.1. The molecule has 0 bridgehead atoms. The molecule has 0 amide bonds. The van der Waals surface area contributed by atoms with E-state index in [2.05, 4.69) is 21.4 Å². The summed E-state index contributed by atoms with van der Waals surface area (Å²) >= 11 is 0. The fourth-order valence-electron chi connectivity index (χ4n) is 2.34. The molecule has 0 aliphatic rings. The number of sulfone groups is 1. The molecule has 26 heavy (non-hydrogen) atoms. The molecule has 9 heteroatoms. The van der Waals surface area contributed by atoms with Gasteiger partial charge in [0.05, 0.1) is 11.2 Å². The SMILES string of the molecule is CS(=O)(=O)c1ccc(CNc2nc(N)nc(-c3ccco3)c2C#N)cc1. The monoisotopic (exact) mass is 369 g/mol. The van der Waals surface area contributed by atoms with Gasteiger partial charge in [-0.3, -0.25) is 0 Å². The number of nitrogens with two attached hydrogens (primary N) is 1. The van der Waals surface area contributed by atoms with Gasteiger partial charge >= 0.3 is 0 Å². The lowest BCUT2D eigenvalue weighted by molar-refractivity contribution is 0.579. The van der Waals surface area contributed by atoms with E-state index in [4.69, 9.17) is 10.2 Å². The minimum Gasteiger partial charge on any atom is -0.463 e. The number of hydrogen-bond donors (Lipinski definition) is 2. The first kappa shape index (κ1) is 17.4. The molecule has 0 aliphatic heterocycles. The number of anilines is 2. The average Bonchev–Trinajstić information content (AvgIpc) is 3.13. The Morgan fingerprint density at radius 2 is 1.96 bits per heavy atom. The molecule has 0 saturated carbocycles. The molecule has 0 spiro atoms. The van der Waals surface area contributed by atoms with Gasteiger partial charge in [0.2, 0.25) is 5.95 Å². The predicted molar refractivity (Wildman–Crippen MR) is 95.7 cm³/mol. The normalized spacial score (nSPS) is 11.1. The maximum Gasteiger partial charge on any atom is 0.222 e. The summed E-state index contributed by atoms with van der Waals surface area (Å²) in [5.74, 6) is 0.695. The van der Waals surface area contributed by atoms with Crippen molar-refractivity contribution in [3.8, 4) is 17.5 Å². The molecule has 2 aromatic heterocycles. The second-order valence-electron chi connectivity index (χ2n) is 5.51. The Hall–Kier alpha value is -3.38. The molecule has 8 nitrogen and oxygen atoms in total. The summed E-state index contributed by atoms with van der Waals surface area (Å²) in [5.41, 5.74) is 7.08. The zero-order valence-corrected chi connectivity index (χ0v) is 14.6. The van der Waals surface area contributed by atoms with Crippen molar-refractivity contribution in [1.29, 1.82) is 5.26 Å². The summed E-state index contributed by atoms with van der Waals surface area (Å²) in [6, 6.07) is 11.9. The van der Waals surface area contributed by atoms with Gasteiger partial charge in [0.15, 0.2) is 21.4 Å². The van der Waals surface area contributed by atoms with Gasteiger partial charge in [0.1, 0.15) is 17.3 Å². The Morgan fingerprint density at radius 1 is 1.23 bits per heavy atom. The average molecular weight is 369 g/mol. The van der Waals surface area contributed by atoms with Crippen LogP contribution in [0.3, 0.4) is 0 Å². The Morgan fingerprint density at radius 3 is 2.54 bits per heavy atom. The van der Waals surface area contributed by atoms with Crippen LogP contribution >= 0.6 is 0 Å². The van der Waals surface area contributed by atoms with E-state index in [1.54, 1.807) is 24.3 Å². The predicted octanol–water partition coefficient (Wildman–Crippen LogP) is 2.21. The molecular formula is C17H15N5O3S. The van der Waals surface area contributed by atoms with Gasteiger partial charge in [-0.1, -0.05) is 12.1 Å². The summed E-state index contributed by atoms with van der Waals surface area (Å²) in [6.45, 7) is 0.326. The maximum absolute atomic E-state index is 11.5. The molecule has 3 N–H and O–H groups in total. The van der Waals surface area contributed by atoms with E-state index in [9.17, 15) is 13.7 Å². The van der Waals surface area contributed by atoms with E-state index >= 15 is 0 Å². The van der Waals surface area contributed by atoms with Crippen LogP contribution in [-0.2, 0) is 16.4 Å². The fraction of sp³-hybridized carbons (Fsp3) is 0.118. The molecule has 3 rings (SSSR count). The van der Waals surface area contributed by atoms with Crippen molar-refractivity contribution in [2.45, 2.75) is 11.4 Å². The van der Waals surface area contributed by atoms with E-state index in [0.717, 1.165) is 11.8 Å². The summed E-state index contributed by atoms with van der Waals surface area (Å²) in [4.78, 5) is 8.41. The van der Waals surface area contributed by atoms with Crippen LogP contribution in [0.1, 0.15) is 11.1 Å². The molecule has 132 valence electrons. The molecule has 0 atom stereocenters. The Labute approximate surface area is 150 Å². The van der Waals surface area contributed by atoms with Crippen molar-refractivity contribution >= 4 is 21.6 Å². The first-order valence-corrected chi connectivity index (χ1v) is 9.42. The minimum absolute atomic E-state index is 0.00493. The fourth-order valence-corrected chi connectivity index (χ4v) is 2.97. The number of nitrogens with one attached hydrogen (secondary N) is 1. The van der Waals surface area contributed by atoms with Crippen LogP contribution in [0.2, 0.25) is 0 Å². The molecule has 0 saturated heterocycles. The summed E-state index contributed by atoms with van der Waals surface area (Å²) in [7, 11) is -3.24. The topological polar surface area (TPSA) is 135 Å². The standard InChI is InChI=1S/C17H15N5O3S/c1-26(23,24)12-6-4-11(5-7-12)10-20-16-13(9-18)15(21-17(19)22-16)14-3-2-8-25-14/h2-8H,10H2,1H3,(H3,19,20,21,22). The first-order chi connectivity index (χ1) is 12.4. The van der Waals surface area contributed by atoms with Gasteiger partial charge in [0.25, 0.3) is 0 Å². The van der Waals surface area contributed by atoms with Crippen LogP contribution in [0.4, 0.5) is 11.8 Å². The van der Waals surface area contributed by atoms with Crippen LogP contribution in [0.15, 0.2) is 52.0 Å². The molecule has 0 unspecified atom stereocenters. The molecule has 1 aromatic carbocycles. The van der Waals surface area contributed by atoms with Crippen molar-refractivity contribution in [3.05, 3.63) is 53.8 Å². The number of nitrogens with zero attached hydrogens (tertiary/aromatic N) is 3. The maximum atomic E-state index is 11.5. The minimum atomic E-state index is -3.24. The third-order valence-electron chi connectivity index (χ3n) is 3.60. The van der Waals surface area contributed by atoms with Crippen molar-refractivity contribution < 1.29 is 12.8 Å². The number of hydrogen-bond acceptors (Lipinski definition) is 8. The van der Waals surface area contributed by atoms with Crippen LogP contribution in [0.5, 0.6) is 0 Å². The van der Waals surface area contributed by atoms with Crippen LogP contribution < -0.4 is 11.1 Å². The van der Waals surface area contributed by atoms with E-state index in [0.29, 0.717) is 18.0 Å². The smallest absolute Gasteiger partial charge is 0.222 e. The summed E-state index contributed by atoms with van der Waals surface area (Å²) in [5, 5.41) is 12.5. The van der Waals surface area contributed by atoms with Gasteiger partial charge in [-0.2, -0.15) is 10.2 Å². The highest BCUT2D eigenvalue weighted by molar-refractivity contribution is 7.90. The zero-order valence-electron chi connectivity index (χ0n) is 13.8. The van der Waals surface area contributed by atoms with Gasteiger partial charge in [-0.15, -0.1) is 0 Å². The number of aromatic nitrogens is 2. The van der Waals surface area contributed by atoms with Crippen LogP contribution in [0.25, 0.3) is 11.5 Å². The summed E-state index contributed by atoms with van der Waals surface area (Å²) < 4.78 is 28.3. The van der Waals surface area contributed by atoms with Gasteiger partial charge in [-0.25, -0.2) is 13.4 Å². The van der Waals surface area contributed by atoms with Crippen molar-refractivity contribution in [3.63, 3.8) is 0 Å². The second-order valence-corrected chi connectivity index (χ2v) is 7.53. The molecule has 0 aliphatic carbocycles. The second kappa shape index (κ2) is 6.85. The van der Waals surface area contributed by atoms with Crippen molar-refractivity contribution in [1.82, 2.24) is 9.97 Å². The number of benzene rings is 1. The summed E-state index contributed by atoms with van der Waals surface area (Å²) in [6.07, 6.45) is 2.63. The zero-order chi connectivity index (χ0) is 18.7. The first-order valence-electron chi connectivity index (χ1n) is 7.53. The number of rotatable bonds is 5. The van der Waals surface area contributed by atoms with Gasteiger partial charge in [-0.05, 0) is 29.8 Å². The third-order valence-corrected chi connectivity index (χ3v) is 4.73. The molecular weight excluding hydrogens is 354 g/mol. The number of nitriles is 1. The molecule has 0 fully saturated rings. The van der Waals surface area contributed by atoms with E-state index in [1.165, 1.54) is 18.4 Å². The van der Waals surface area contributed by atoms with E-state index in [-0.39, 0.29) is 22.2 Å². The van der Waals surface area contributed by atoms with E-state index in [1.807, 2.05) is 0 Å². The highest BCUT2D eigenvalue weighted by Gasteiger charge is 2.17. The molecule has 3 aromatic rings. The van der Waals surface area contributed by atoms with Crippen LogP contribution in [0, 0.1) is 11.3 Å². The highest BCUT2D eigenvalue weighted by atomic mass is 32.2. The number of furan rings is 1. The highest BCUT2D eigenvalue weighted by Crippen LogP contribution is 2.27.